The molecule has 0 heterocycles. The highest BCUT2D eigenvalue weighted by molar-refractivity contribution is 5.85. The molecule has 0 amide bonds. The van der Waals surface area contributed by atoms with E-state index in [1.165, 1.54) is 44.1 Å². The van der Waals surface area contributed by atoms with Crippen LogP contribution in [0.2, 0.25) is 0 Å². The van der Waals surface area contributed by atoms with Crippen LogP contribution >= 0.6 is 12.4 Å². The van der Waals surface area contributed by atoms with Gasteiger partial charge in [0.25, 0.3) is 0 Å². The topological polar surface area (TPSA) is 26.0 Å². The zero-order valence-electron chi connectivity index (χ0n) is 15.0. The van der Waals surface area contributed by atoms with Crippen molar-refractivity contribution in [2.45, 2.75) is 86.0 Å². The van der Waals surface area contributed by atoms with Gasteiger partial charge in [0.2, 0.25) is 0 Å². The van der Waals surface area contributed by atoms with Crippen LogP contribution in [-0.2, 0) is 0 Å². The van der Waals surface area contributed by atoms with Crippen LogP contribution in [0.25, 0.3) is 0 Å². The molecule has 126 valence electrons. The predicted octanol–water partition coefficient (Wildman–Crippen LogP) is 6.43. The number of allylic oxidation sites excluding steroid dienone is 3. The molecule has 2 heteroatoms. The average molecular weight is 316 g/mol. The summed E-state index contributed by atoms with van der Waals surface area (Å²) in [5, 5.41) is 0. The third kappa shape index (κ3) is 8.68. The Labute approximate surface area is 139 Å². The molecule has 0 aromatic carbocycles. The zero-order valence-corrected chi connectivity index (χ0v) is 15.8. The van der Waals surface area contributed by atoms with Crippen molar-refractivity contribution in [3.63, 3.8) is 0 Å². The molecule has 2 N–H and O–H groups in total. The van der Waals surface area contributed by atoms with Crippen molar-refractivity contribution < 1.29 is 0 Å². The lowest BCUT2D eigenvalue weighted by molar-refractivity contribution is 0.266. The van der Waals surface area contributed by atoms with Crippen LogP contribution in [0.3, 0.4) is 0 Å². The molecular weight excluding hydrogens is 278 g/mol. The third-order valence-electron chi connectivity index (χ3n) is 4.48. The molecule has 0 bridgehead atoms. The SMILES string of the molecule is CCCC(CCC)(CCC)C(C)=CCCC(C)=CCN.Cl. The number of hydrogen-bond acceptors (Lipinski definition) is 1. The van der Waals surface area contributed by atoms with Crippen LogP contribution in [0.15, 0.2) is 23.3 Å². The average Bonchev–Trinajstić information content (AvgIpc) is 2.39. The molecule has 21 heavy (non-hydrogen) atoms. The van der Waals surface area contributed by atoms with Crippen LogP contribution in [-0.4, -0.2) is 6.54 Å². The van der Waals surface area contributed by atoms with E-state index in [4.69, 9.17) is 5.73 Å². The molecular formula is C19H38ClN. The Balaban J connectivity index is 0. The summed E-state index contributed by atoms with van der Waals surface area (Å²) in [7, 11) is 0. The minimum Gasteiger partial charge on any atom is -0.327 e. The van der Waals surface area contributed by atoms with Crippen LogP contribution in [0.4, 0.5) is 0 Å². The molecule has 0 aromatic heterocycles. The second kappa shape index (κ2) is 13.4. The van der Waals surface area contributed by atoms with Crippen LogP contribution in [0, 0.1) is 5.41 Å². The van der Waals surface area contributed by atoms with Crippen LogP contribution in [0.5, 0.6) is 0 Å². The van der Waals surface area contributed by atoms with E-state index in [2.05, 4.69) is 46.8 Å². The van der Waals surface area contributed by atoms with Crippen molar-refractivity contribution in [3.05, 3.63) is 23.3 Å². The fourth-order valence-electron chi connectivity index (χ4n) is 3.44. The van der Waals surface area contributed by atoms with Crippen molar-refractivity contribution in [3.8, 4) is 0 Å². The van der Waals surface area contributed by atoms with Gasteiger partial charge < -0.3 is 5.73 Å². The molecule has 0 saturated heterocycles. The standard InChI is InChI=1S/C19H37N.ClH/c1-6-13-19(14-7-2,15-8-3)18(5)11-9-10-17(4)12-16-20;/h11-12H,6-10,13-16,20H2,1-5H3;1H. The Kier molecular flexibility index (Phi) is 14.7. The normalized spacial score (nSPS) is 13.2. The van der Waals surface area contributed by atoms with Crippen molar-refractivity contribution in [1.82, 2.24) is 0 Å². The van der Waals surface area contributed by atoms with Gasteiger partial charge in [0.1, 0.15) is 0 Å². The fraction of sp³-hybridized carbons (Fsp3) is 0.789. The fourth-order valence-corrected chi connectivity index (χ4v) is 3.44. The summed E-state index contributed by atoms with van der Waals surface area (Å²) in [4.78, 5) is 0. The smallest absolute Gasteiger partial charge is 0.0109 e. The molecule has 0 aliphatic heterocycles. The predicted molar refractivity (Wildman–Crippen MR) is 100 cm³/mol. The zero-order chi connectivity index (χ0) is 15.4. The Hall–Kier alpha value is -0.270. The summed E-state index contributed by atoms with van der Waals surface area (Å²) in [6, 6.07) is 0. The first kappa shape index (κ1) is 23.0. The van der Waals surface area contributed by atoms with Gasteiger partial charge in [-0.15, -0.1) is 12.4 Å². The van der Waals surface area contributed by atoms with Gasteiger partial charge in [-0.25, -0.2) is 0 Å². The van der Waals surface area contributed by atoms with E-state index < -0.39 is 0 Å². The van der Waals surface area contributed by atoms with Crippen molar-refractivity contribution in [1.29, 1.82) is 0 Å². The first-order chi connectivity index (χ1) is 9.56. The second-order valence-corrected chi connectivity index (χ2v) is 6.24. The van der Waals surface area contributed by atoms with E-state index >= 15 is 0 Å². The van der Waals surface area contributed by atoms with Crippen molar-refractivity contribution >= 4 is 12.4 Å². The first-order valence-corrected chi connectivity index (χ1v) is 8.59. The Morgan fingerprint density at radius 2 is 1.38 bits per heavy atom. The van der Waals surface area contributed by atoms with Gasteiger partial charge in [-0.2, -0.15) is 0 Å². The summed E-state index contributed by atoms with van der Waals surface area (Å²) in [5.74, 6) is 0. The lowest BCUT2D eigenvalue weighted by Gasteiger charge is -2.35. The van der Waals surface area contributed by atoms with Crippen LogP contribution in [0.1, 0.15) is 86.0 Å². The van der Waals surface area contributed by atoms with Gasteiger partial charge in [0, 0.05) is 6.54 Å². The van der Waals surface area contributed by atoms with E-state index in [0.29, 0.717) is 12.0 Å². The summed E-state index contributed by atoms with van der Waals surface area (Å²) in [5.41, 5.74) is 9.07. The monoisotopic (exact) mass is 315 g/mol. The van der Waals surface area contributed by atoms with Gasteiger partial charge in [0.15, 0.2) is 0 Å². The van der Waals surface area contributed by atoms with Gasteiger partial charge in [0.05, 0.1) is 0 Å². The molecule has 0 aliphatic rings. The molecule has 0 atom stereocenters. The summed E-state index contributed by atoms with van der Waals surface area (Å²) < 4.78 is 0. The van der Waals surface area contributed by atoms with E-state index in [9.17, 15) is 0 Å². The number of rotatable bonds is 11. The van der Waals surface area contributed by atoms with Crippen molar-refractivity contribution in [2.24, 2.45) is 11.1 Å². The van der Waals surface area contributed by atoms with Crippen LogP contribution < -0.4 is 5.73 Å². The number of hydrogen-bond donors (Lipinski definition) is 1. The van der Waals surface area contributed by atoms with Gasteiger partial charge in [-0.3, -0.25) is 0 Å². The van der Waals surface area contributed by atoms with E-state index in [1.54, 1.807) is 5.57 Å². The Morgan fingerprint density at radius 3 is 1.76 bits per heavy atom. The second-order valence-electron chi connectivity index (χ2n) is 6.24. The molecule has 0 radical (unpaired) electrons. The first-order valence-electron chi connectivity index (χ1n) is 8.59. The molecule has 0 spiro atoms. The highest BCUT2D eigenvalue weighted by Crippen LogP contribution is 2.42. The maximum atomic E-state index is 5.56. The lowest BCUT2D eigenvalue weighted by Crippen LogP contribution is -2.22. The largest absolute Gasteiger partial charge is 0.327 e. The van der Waals surface area contributed by atoms with E-state index in [0.717, 1.165) is 12.8 Å². The minimum atomic E-state index is 0. The maximum Gasteiger partial charge on any atom is 0.0109 e. The molecule has 0 aliphatic carbocycles. The highest BCUT2D eigenvalue weighted by Gasteiger charge is 2.28. The Morgan fingerprint density at radius 1 is 0.905 bits per heavy atom. The summed E-state index contributed by atoms with van der Waals surface area (Å²) >= 11 is 0. The van der Waals surface area contributed by atoms with Gasteiger partial charge >= 0.3 is 0 Å². The molecule has 0 fully saturated rings. The number of nitrogens with two attached hydrogens (primary N) is 1. The highest BCUT2D eigenvalue weighted by atomic mass is 35.5. The van der Waals surface area contributed by atoms with Crippen molar-refractivity contribution in [2.75, 3.05) is 6.54 Å². The van der Waals surface area contributed by atoms with Gasteiger partial charge in [-0.05, 0) is 51.4 Å². The van der Waals surface area contributed by atoms with Gasteiger partial charge in [-0.1, -0.05) is 63.3 Å². The number of halogens is 1. The molecule has 0 rings (SSSR count). The summed E-state index contributed by atoms with van der Waals surface area (Å²) in [6.07, 6.45) is 14.8. The third-order valence-corrected chi connectivity index (χ3v) is 4.48. The van der Waals surface area contributed by atoms with E-state index in [-0.39, 0.29) is 12.4 Å². The Bertz CT molecular complexity index is 288. The quantitative estimate of drug-likeness (QED) is 0.437. The lowest BCUT2D eigenvalue weighted by atomic mass is 9.70. The molecule has 0 saturated carbocycles. The molecule has 0 aromatic rings. The molecule has 1 nitrogen and oxygen atoms in total. The summed E-state index contributed by atoms with van der Waals surface area (Å²) in [6.45, 7) is 12.2. The molecule has 0 unspecified atom stereocenters. The van der Waals surface area contributed by atoms with E-state index in [1.807, 2.05) is 0 Å². The maximum absolute atomic E-state index is 5.56. The minimum absolute atomic E-state index is 0.